The summed E-state index contributed by atoms with van der Waals surface area (Å²) in [6.07, 6.45) is 3.80. The number of hydrogen-bond acceptors (Lipinski definition) is 3. The third kappa shape index (κ3) is 3.88. The summed E-state index contributed by atoms with van der Waals surface area (Å²) in [6, 6.07) is 15.4. The van der Waals surface area contributed by atoms with Crippen molar-refractivity contribution in [1.82, 2.24) is 19.2 Å². The zero-order chi connectivity index (χ0) is 20.4. The van der Waals surface area contributed by atoms with Gasteiger partial charge in [-0.3, -0.25) is 14.0 Å². The molecule has 1 saturated heterocycles. The van der Waals surface area contributed by atoms with E-state index in [0.717, 1.165) is 31.5 Å². The molecule has 3 aromatic rings. The van der Waals surface area contributed by atoms with Crippen LogP contribution in [0.3, 0.4) is 0 Å². The van der Waals surface area contributed by atoms with Gasteiger partial charge in [0.1, 0.15) is 0 Å². The Morgan fingerprint density at radius 3 is 2.48 bits per heavy atom. The Hall–Kier alpha value is -3.15. The first-order valence-electron chi connectivity index (χ1n) is 10.1. The molecule has 0 saturated carbocycles. The first kappa shape index (κ1) is 19.2. The summed E-state index contributed by atoms with van der Waals surface area (Å²) in [5.41, 5.74) is 2.08. The summed E-state index contributed by atoms with van der Waals surface area (Å²) in [7, 11) is 1.76. The van der Waals surface area contributed by atoms with Crippen molar-refractivity contribution in [3.8, 4) is 0 Å². The topological polar surface area (TPSA) is 57.9 Å². The van der Waals surface area contributed by atoms with Crippen LogP contribution in [0.5, 0.6) is 0 Å². The minimum Gasteiger partial charge on any atom is -0.337 e. The molecule has 150 valence electrons. The molecule has 3 heterocycles. The highest BCUT2D eigenvalue weighted by molar-refractivity contribution is 6.02. The normalized spacial score (nSPS) is 14.9. The fraction of sp³-hybridized carbons (Fsp3) is 0.348. The van der Waals surface area contributed by atoms with Crippen molar-refractivity contribution in [2.24, 2.45) is 5.92 Å². The van der Waals surface area contributed by atoms with Crippen LogP contribution in [0.4, 0.5) is 0 Å². The van der Waals surface area contributed by atoms with E-state index in [-0.39, 0.29) is 17.6 Å². The van der Waals surface area contributed by atoms with Crippen molar-refractivity contribution in [3.63, 3.8) is 0 Å². The smallest absolute Gasteiger partial charge is 0.290 e. The number of fused-ring (bicyclic) bond motifs is 1. The van der Waals surface area contributed by atoms with E-state index < -0.39 is 0 Å². The van der Waals surface area contributed by atoms with Gasteiger partial charge in [0.25, 0.3) is 11.8 Å². The van der Waals surface area contributed by atoms with Crippen LogP contribution in [0.1, 0.15) is 46.4 Å². The van der Waals surface area contributed by atoms with E-state index in [9.17, 15) is 9.59 Å². The van der Waals surface area contributed by atoms with Gasteiger partial charge in [-0.1, -0.05) is 43.3 Å². The Kier molecular flexibility index (Phi) is 5.34. The van der Waals surface area contributed by atoms with Gasteiger partial charge < -0.3 is 9.80 Å². The molecule has 0 N–H and O–H groups in total. The standard InChI is InChI=1S/C23H26N4O2/c1-17-11-14-26(15-12-17)22(28)20-19-10-6-7-13-27(19)21(24-20)23(29)25(2)16-18-8-4-3-5-9-18/h3-10,13,17H,11-12,14-16H2,1-2H3. The number of likely N-dealkylation sites (tertiary alicyclic amines) is 1. The van der Waals surface area contributed by atoms with Crippen molar-refractivity contribution in [3.05, 3.63) is 71.8 Å². The molecule has 0 unspecified atom stereocenters. The summed E-state index contributed by atoms with van der Waals surface area (Å²) < 4.78 is 1.73. The van der Waals surface area contributed by atoms with E-state index in [0.29, 0.717) is 23.7 Å². The molecule has 0 atom stereocenters. The van der Waals surface area contributed by atoms with Gasteiger partial charge in [0.15, 0.2) is 5.69 Å². The predicted molar refractivity (Wildman–Crippen MR) is 112 cm³/mol. The van der Waals surface area contributed by atoms with E-state index >= 15 is 0 Å². The summed E-state index contributed by atoms with van der Waals surface area (Å²) >= 11 is 0. The van der Waals surface area contributed by atoms with Crippen molar-refractivity contribution in [2.45, 2.75) is 26.3 Å². The molecule has 0 aliphatic carbocycles. The minimum atomic E-state index is -0.207. The molecule has 0 spiro atoms. The molecule has 6 heteroatoms. The highest BCUT2D eigenvalue weighted by Crippen LogP contribution is 2.21. The van der Waals surface area contributed by atoms with Gasteiger partial charge in [0.05, 0.1) is 5.52 Å². The summed E-state index contributed by atoms with van der Waals surface area (Å²) in [4.78, 5) is 34.3. The maximum absolute atomic E-state index is 13.1. The zero-order valence-corrected chi connectivity index (χ0v) is 16.9. The van der Waals surface area contributed by atoms with Crippen LogP contribution < -0.4 is 0 Å². The lowest BCUT2D eigenvalue weighted by Crippen LogP contribution is -2.38. The molecule has 6 nitrogen and oxygen atoms in total. The molecule has 2 amide bonds. The monoisotopic (exact) mass is 390 g/mol. The Bertz CT molecular complexity index is 1020. The zero-order valence-electron chi connectivity index (χ0n) is 16.9. The molecule has 1 aliphatic rings. The average Bonchev–Trinajstić information content (AvgIpc) is 3.13. The number of hydrogen-bond donors (Lipinski definition) is 0. The van der Waals surface area contributed by atoms with Gasteiger partial charge >= 0.3 is 0 Å². The maximum Gasteiger partial charge on any atom is 0.290 e. The number of nitrogens with zero attached hydrogens (tertiary/aromatic N) is 4. The number of rotatable bonds is 4. The fourth-order valence-corrected chi connectivity index (χ4v) is 3.81. The van der Waals surface area contributed by atoms with Gasteiger partial charge in [0.2, 0.25) is 5.82 Å². The Balaban J connectivity index is 1.63. The lowest BCUT2D eigenvalue weighted by atomic mass is 9.99. The Morgan fingerprint density at radius 1 is 1.07 bits per heavy atom. The van der Waals surface area contributed by atoms with E-state index in [1.807, 2.05) is 53.4 Å². The number of carbonyl (C=O) groups excluding carboxylic acids is 2. The van der Waals surface area contributed by atoms with Crippen LogP contribution in [-0.4, -0.2) is 51.1 Å². The van der Waals surface area contributed by atoms with Crippen LogP contribution in [0.2, 0.25) is 0 Å². The van der Waals surface area contributed by atoms with Crippen molar-refractivity contribution in [1.29, 1.82) is 0 Å². The maximum atomic E-state index is 13.1. The molecule has 1 aliphatic heterocycles. The predicted octanol–water partition coefficient (Wildman–Crippen LogP) is 3.48. The molecule has 29 heavy (non-hydrogen) atoms. The van der Waals surface area contributed by atoms with Gasteiger partial charge in [-0.25, -0.2) is 4.98 Å². The highest BCUT2D eigenvalue weighted by atomic mass is 16.2. The number of aromatic nitrogens is 2. The van der Waals surface area contributed by atoms with Gasteiger partial charge in [-0.05, 0) is 36.5 Å². The summed E-state index contributed by atoms with van der Waals surface area (Å²) in [5.74, 6) is 0.612. The van der Waals surface area contributed by atoms with Gasteiger partial charge in [0, 0.05) is 32.9 Å². The molecule has 1 fully saturated rings. The van der Waals surface area contributed by atoms with Crippen LogP contribution in [0, 0.1) is 5.92 Å². The second-order valence-corrected chi connectivity index (χ2v) is 7.86. The quantitative estimate of drug-likeness (QED) is 0.685. The number of pyridine rings is 1. The summed E-state index contributed by atoms with van der Waals surface area (Å²) in [6.45, 7) is 4.17. The second-order valence-electron chi connectivity index (χ2n) is 7.86. The van der Waals surface area contributed by atoms with Gasteiger partial charge in [-0.2, -0.15) is 0 Å². The minimum absolute atomic E-state index is 0.0923. The number of benzene rings is 1. The summed E-state index contributed by atoms with van der Waals surface area (Å²) in [5, 5.41) is 0. The third-order valence-electron chi connectivity index (χ3n) is 5.62. The lowest BCUT2D eigenvalue weighted by Gasteiger charge is -2.29. The van der Waals surface area contributed by atoms with Crippen molar-refractivity contribution in [2.75, 3.05) is 20.1 Å². The third-order valence-corrected chi connectivity index (χ3v) is 5.62. The Labute approximate surface area is 170 Å². The van der Waals surface area contributed by atoms with Crippen LogP contribution in [0.25, 0.3) is 5.52 Å². The fourth-order valence-electron chi connectivity index (χ4n) is 3.81. The number of imidazole rings is 1. The largest absolute Gasteiger partial charge is 0.337 e. The SMILES string of the molecule is CC1CCN(C(=O)c2nc(C(=O)N(C)Cc3ccccc3)n3ccccc23)CC1. The lowest BCUT2D eigenvalue weighted by molar-refractivity contribution is 0.0693. The first-order chi connectivity index (χ1) is 14.0. The number of amides is 2. The Morgan fingerprint density at radius 2 is 1.76 bits per heavy atom. The van der Waals surface area contributed by atoms with Crippen LogP contribution >= 0.6 is 0 Å². The second kappa shape index (κ2) is 8.07. The molecule has 0 radical (unpaired) electrons. The van der Waals surface area contributed by atoms with Crippen LogP contribution in [-0.2, 0) is 6.54 Å². The molecule has 4 rings (SSSR count). The number of carbonyl (C=O) groups is 2. The van der Waals surface area contributed by atoms with E-state index in [1.54, 1.807) is 22.5 Å². The van der Waals surface area contributed by atoms with E-state index in [1.165, 1.54) is 0 Å². The average molecular weight is 390 g/mol. The molecular weight excluding hydrogens is 364 g/mol. The number of piperidine rings is 1. The molecular formula is C23H26N4O2. The van der Waals surface area contributed by atoms with E-state index in [4.69, 9.17) is 0 Å². The van der Waals surface area contributed by atoms with Crippen molar-refractivity contribution < 1.29 is 9.59 Å². The first-order valence-corrected chi connectivity index (χ1v) is 10.1. The van der Waals surface area contributed by atoms with Crippen molar-refractivity contribution >= 4 is 17.3 Å². The molecule has 2 aromatic heterocycles. The van der Waals surface area contributed by atoms with E-state index in [2.05, 4.69) is 11.9 Å². The van der Waals surface area contributed by atoms with Crippen LogP contribution in [0.15, 0.2) is 54.7 Å². The molecule has 0 bridgehead atoms. The highest BCUT2D eigenvalue weighted by Gasteiger charge is 2.28. The van der Waals surface area contributed by atoms with Gasteiger partial charge in [-0.15, -0.1) is 0 Å². The molecule has 1 aromatic carbocycles.